The minimum Gasteiger partial charge on any atom is -0.493 e. The number of hydrogen-bond donors (Lipinski definition) is 2. The summed E-state index contributed by atoms with van der Waals surface area (Å²) in [6, 6.07) is 13.4. The van der Waals surface area contributed by atoms with Gasteiger partial charge in [-0.15, -0.1) is 0 Å². The Balaban J connectivity index is 1.51. The number of ether oxygens (including phenoxy) is 1. The lowest BCUT2D eigenvalue weighted by atomic mass is 9.91. The number of benzene rings is 2. The zero-order chi connectivity index (χ0) is 19.7. The molecule has 2 atom stereocenters. The van der Waals surface area contributed by atoms with Crippen molar-refractivity contribution in [2.24, 2.45) is 11.7 Å². The van der Waals surface area contributed by atoms with Crippen molar-refractivity contribution in [3.8, 4) is 5.75 Å². The number of fused-ring (bicyclic) bond motifs is 1. The molecule has 0 amide bonds. The van der Waals surface area contributed by atoms with Gasteiger partial charge in [-0.3, -0.25) is 9.69 Å². The van der Waals surface area contributed by atoms with E-state index in [-0.39, 0.29) is 6.04 Å². The Morgan fingerprint density at radius 3 is 2.64 bits per heavy atom. The number of carboxylic acid groups (broad SMARTS) is 1. The van der Waals surface area contributed by atoms with Crippen molar-refractivity contribution < 1.29 is 14.6 Å². The maximum atomic E-state index is 12.1. The molecule has 0 saturated heterocycles. The van der Waals surface area contributed by atoms with Gasteiger partial charge in [0.1, 0.15) is 11.8 Å². The third kappa shape index (κ3) is 4.21. The van der Waals surface area contributed by atoms with Crippen molar-refractivity contribution in [3.63, 3.8) is 0 Å². The standard InChI is InChI=1S/C23H28N2O3/c1-15(24)18-6-4-16(5-7-18)13-25-11-10-19-12-20(28-14-17-2-3-17)8-9-21(19)22(25)23(26)27/h4-9,12,15,17,22H,2-3,10-11,13-14,24H2,1H3,(H,26,27)/t15-,22?/m0/s1. The molecule has 2 aromatic rings. The van der Waals surface area contributed by atoms with Crippen molar-refractivity contribution in [1.82, 2.24) is 4.90 Å². The molecule has 1 aliphatic carbocycles. The van der Waals surface area contributed by atoms with Crippen molar-refractivity contribution in [1.29, 1.82) is 0 Å². The third-order valence-electron chi connectivity index (χ3n) is 5.75. The first-order valence-electron chi connectivity index (χ1n) is 10.1. The molecule has 2 aromatic carbocycles. The fraction of sp³-hybridized carbons (Fsp3) is 0.435. The second-order valence-corrected chi connectivity index (χ2v) is 8.11. The number of aliphatic carboxylic acids is 1. The smallest absolute Gasteiger partial charge is 0.325 e. The van der Waals surface area contributed by atoms with E-state index in [0.717, 1.165) is 41.0 Å². The molecule has 3 N–H and O–H groups in total. The van der Waals surface area contributed by atoms with Crippen LogP contribution in [0.2, 0.25) is 0 Å². The summed E-state index contributed by atoms with van der Waals surface area (Å²) >= 11 is 0. The summed E-state index contributed by atoms with van der Waals surface area (Å²) in [6.45, 7) is 4.05. The van der Waals surface area contributed by atoms with E-state index in [0.29, 0.717) is 19.0 Å². The van der Waals surface area contributed by atoms with Gasteiger partial charge in [0.05, 0.1) is 6.61 Å². The second-order valence-electron chi connectivity index (χ2n) is 8.11. The van der Waals surface area contributed by atoms with E-state index in [9.17, 15) is 9.90 Å². The van der Waals surface area contributed by atoms with Gasteiger partial charge >= 0.3 is 5.97 Å². The fourth-order valence-electron chi connectivity index (χ4n) is 3.86. The molecular weight excluding hydrogens is 352 g/mol. The quantitative estimate of drug-likeness (QED) is 0.766. The van der Waals surface area contributed by atoms with Crippen LogP contribution in [0.3, 0.4) is 0 Å². The van der Waals surface area contributed by atoms with Crippen LogP contribution < -0.4 is 10.5 Å². The molecule has 2 aliphatic rings. The summed E-state index contributed by atoms with van der Waals surface area (Å²) in [5.74, 6) is 0.751. The molecule has 1 heterocycles. The molecule has 28 heavy (non-hydrogen) atoms. The predicted octanol–water partition coefficient (Wildman–Crippen LogP) is 3.68. The van der Waals surface area contributed by atoms with Crippen LogP contribution in [0.4, 0.5) is 0 Å². The maximum absolute atomic E-state index is 12.1. The van der Waals surface area contributed by atoms with Crippen LogP contribution >= 0.6 is 0 Å². The fourth-order valence-corrected chi connectivity index (χ4v) is 3.86. The minimum atomic E-state index is -0.806. The Morgan fingerprint density at radius 2 is 2.00 bits per heavy atom. The normalized spacial score (nSPS) is 20.4. The van der Waals surface area contributed by atoms with Crippen molar-refractivity contribution in [3.05, 3.63) is 64.7 Å². The number of rotatable bonds is 7. The first kappa shape index (κ1) is 19.0. The largest absolute Gasteiger partial charge is 0.493 e. The summed E-state index contributed by atoms with van der Waals surface area (Å²) < 4.78 is 5.87. The highest BCUT2D eigenvalue weighted by molar-refractivity contribution is 5.76. The van der Waals surface area contributed by atoms with Crippen LogP contribution in [0.25, 0.3) is 0 Å². The zero-order valence-corrected chi connectivity index (χ0v) is 16.3. The van der Waals surface area contributed by atoms with Gasteiger partial charge in [0, 0.05) is 19.1 Å². The number of nitrogens with two attached hydrogens (primary N) is 1. The van der Waals surface area contributed by atoms with Crippen molar-refractivity contribution in [2.75, 3.05) is 13.2 Å². The molecular formula is C23H28N2O3. The summed E-state index contributed by atoms with van der Waals surface area (Å²) in [5, 5.41) is 9.91. The molecule has 1 saturated carbocycles. The molecule has 4 rings (SSSR count). The topological polar surface area (TPSA) is 75.8 Å². The highest BCUT2D eigenvalue weighted by atomic mass is 16.5. The Labute approximate surface area is 166 Å². The number of hydrogen-bond acceptors (Lipinski definition) is 4. The first-order chi connectivity index (χ1) is 13.5. The van der Waals surface area contributed by atoms with Crippen LogP contribution in [0.5, 0.6) is 5.75 Å². The van der Waals surface area contributed by atoms with Gasteiger partial charge in [0.25, 0.3) is 0 Å². The van der Waals surface area contributed by atoms with Crippen LogP contribution in [-0.4, -0.2) is 29.1 Å². The van der Waals surface area contributed by atoms with Gasteiger partial charge in [0.2, 0.25) is 0 Å². The molecule has 0 radical (unpaired) electrons. The van der Waals surface area contributed by atoms with Gasteiger partial charge in [-0.1, -0.05) is 30.3 Å². The molecule has 0 bridgehead atoms. The SMILES string of the molecule is C[C@H](N)c1ccc(CN2CCc3cc(OCC4CC4)ccc3C2C(=O)O)cc1. The van der Waals surface area contributed by atoms with Gasteiger partial charge in [-0.25, -0.2) is 0 Å². The van der Waals surface area contributed by atoms with Gasteiger partial charge in [-0.05, 0) is 66.5 Å². The van der Waals surface area contributed by atoms with E-state index in [2.05, 4.69) is 0 Å². The van der Waals surface area contributed by atoms with E-state index in [1.54, 1.807) is 0 Å². The van der Waals surface area contributed by atoms with Gasteiger partial charge in [0.15, 0.2) is 0 Å². The third-order valence-corrected chi connectivity index (χ3v) is 5.75. The van der Waals surface area contributed by atoms with Crippen molar-refractivity contribution >= 4 is 5.97 Å². The lowest BCUT2D eigenvalue weighted by molar-refractivity contribution is -0.144. The number of carbonyl (C=O) groups is 1. The lowest BCUT2D eigenvalue weighted by Crippen LogP contribution is -2.39. The Hall–Kier alpha value is -2.37. The molecule has 1 aliphatic heterocycles. The minimum absolute atomic E-state index is 0.000916. The first-order valence-corrected chi connectivity index (χ1v) is 10.1. The molecule has 1 unspecified atom stereocenters. The van der Waals surface area contributed by atoms with Crippen LogP contribution in [0, 0.1) is 5.92 Å². The summed E-state index contributed by atoms with van der Waals surface area (Å²) in [6.07, 6.45) is 3.34. The molecule has 148 valence electrons. The molecule has 0 aromatic heterocycles. The summed E-state index contributed by atoms with van der Waals surface area (Å²) in [4.78, 5) is 14.1. The zero-order valence-electron chi connectivity index (χ0n) is 16.3. The highest BCUT2D eigenvalue weighted by Gasteiger charge is 2.33. The average Bonchev–Trinajstić information content (AvgIpc) is 3.50. The summed E-state index contributed by atoms with van der Waals surface area (Å²) in [7, 11) is 0. The molecule has 1 fully saturated rings. The number of nitrogens with zero attached hydrogens (tertiary/aromatic N) is 1. The average molecular weight is 380 g/mol. The Morgan fingerprint density at radius 1 is 1.25 bits per heavy atom. The van der Waals surface area contributed by atoms with Crippen LogP contribution in [0.15, 0.2) is 42.5 Å². The van der Waals surface area contributed by atoms with Crippen LogP contribution in [0.1, 0.15) is 54.1 Å². The maximum Gasteiger partial charge on any atom is 0.325 e. The van der Waals surface area contributed by atoms with E-state index in [1.807, 2.05) is 54.3 Å². The predicted molar refractivity (Wildman–Crippen MR) is 108 cm³/mol. The summed E-state index contributed by atoms with van der Waals surface area (Å²) in [5.41, 5.74) is 10.1. The second kappa shape index (κ2) is 7.94. The van der Waals surface area contributed by atoms with E-state index < -0.39 is 12.0 Å². The highest BCUT2D eigenvalue weighted by Crippen LogP contribution is 2.35. The van der Waals surface area contributed by atoms with Gasteiger partial charge < -0.3 is 15.6 Å². The monoisotopic (exact) mass is 380 g/mol. The lowest BCUT2D eigenvalue weighted by Gasteiger charge is -2.35. The van der Waals surface area contributed by atoms with Gasteiger partial charge in [-0.2, -0.15) is 0 Å². The van der Waals surface area contributed by atoms with Crippen molar-refractivity contribution in [2.45, 2.75) is 44.8 Å². The molecule has 5 nitrogen and oxygen atoms in total. The molecule has 0 spiro atoms. The Bertz CT molecular complexity index is 843. The number of carboxylic acids is 1. The van der Waals surface area contributed by atoms with E-state index >= 15 is 0 Å². The Kier molecular flexibility index (Phi) is 5.38. The molecule has 5 heteroatoms. The van der Waals surface area contributed by atoms with Crippen LogP contribution in [-0.2, 0) is 17.8 Å². The van der Waals surface area contributed by atoms with E-state index in [4.69, 9.17) is 10.5 Å². The van der Waals surface area contributed by atoms with E-state index in [1.165, 1.54) is 12.8 Å².